The molecular formula is C13H27NO2. The van der Waals surface area contributed by atoms with E-state index in [0.717, 1.165) is 19.2 Å². The Balaban J connectivity index is 1.85. The highest BCUT2D eigenvalue weighted by molar-refractivity contribution is 4.81. The van der Waals surface area contributed by atoms with Crippen LogP contribution in [0.1, 0.15) is 40.5 Å². The second kappa shape index (κ2) is 6.58. The van der Waals surface area contributed by atoms with Gasteiger partial charge in [0.25, 0.3) is 0 Å². The number of hydrogen-bond donors (Lipinski definition) is 1. The van der Waals surface area contributed by atoms with Crippen molar-refractivity contribution < 1.29 is 9.47 Å². The van der Waals surface area contributed by atoms with Gasteiger partial charge in [0.2, 0.25) is 0 Å². The van der Waals surface area contributed by atoms with Crippen LogP contribution in [-0.4, -0.2) is 38.0 Å². The molecule has 1 atom stereocenters. The van der Waals surface area contributed by atoms with Crippen LogP contribution in [0.25, 0.3) is 0 Å². The number of nitrogens with one attached hydrogen (secondary N) is 1. The SMILES string of the molecule is CC(CNC1CC1)COCCOC(C)(C)C. The summed E-state index contributed by atoms with van der Waals surface area (Å²) in [6.45, 7) is 11.7. The van der Waals surface area contributed by atoms with E-state index >= 15 is 0 Å². The molecule has 0 aromatic heterocycles. The molecule has 3 heteroatoms. The fraction of sp³-hybridized carbons (Fsp3) is 1.00. The number of rotatable bonds is 8. The summed E-state index contributed by atoms with van der Waals surface area (Å²) in [4.78, 5) is 0. The van der Waals surface area contributed by atoms with Crippen LogP contribution in [0.2, 0.25) is 0 Å². The van der Waals surface area contributed by atoms with Crippen molar-refractivity contribution in [1.29, 1.82) is 0 Å². The first-order valence-corrected chi connectivity index (χ1v) is 6.42. The van der Waals surface area contributed by atoms with Crippen molar-refractivity contribution in [2.24, 2.45) is 5.92 Å². The molecule has 16 heavy (non-hydrogen) atoms. The maximum Gasteiger partial charge on any atom is 0.0707 e. The van der Waals surface area contributed by atoms with Crippen molar-refractivity contribution in [3.63, 3.8) is 0 Å². The summed E-state index contributed by atoms with van der Waals surface area (Å²) < 4.78 is 11.2. The molecule has 3 nitrogen and oxygen atoms in total. The largest absolute Gasteiger partial charge is 0.379 e. The molecule has 1 N–H and O–H groups in total. The van der Waals surface area contributed by atoms with E-state index in [9.17, 15) is 0 Å². The van der Waals surface area contributed by atoms with Gasteiger partial charge >= 0.3 is 0 Å². The average Bonchev–Trinajstić information content (AvgIpc) is 2.95. The molecule has 0 spiro atoms. The fourth-order valence-electron chi connectivity index (χ4n) is 1.41. The van der Waals surface area contributed by atoms with Crippen molar-refractivity contribution in [2.45, 2.75) is 52.2 Å². The lowest BCUT2D eigenvalue weighted by atomic mass is 10.2. The van der Waals surface area contributed by atoms with Crippen LogP contribution in [0.5, 0.6) is 0 Å². The first-order valence-electron chi connectivity index (χ1n) is 6.42. The van der Waals surface area contributed by atoms with Crippen LogP contribution in [0.3, 0.4) is 0 Å². The van der Waals surface area contributed by atoms with Gasteiger partial charge in [-0.3, -0.25) is 0 Å². The van der Waals surface area contributed by atoms with E-state index in [1.165, 1.54) is 12.8 Å². The van der Waals surface area contributed by atoms with Crippen LogP contribution >= 0.6 is 0 Å². The summed E-state index contributed by atoms with van der Waals surface area (Å²) in [6, 6.07) is 0.798. The Kier molecular flexibility index (Phi) is 5.73. The molecule has 0 aliphatic heterocycles. The van der Waals surface area contributed by atoms with Gasteiger partial charge in [-0.1, -0.05) is 6.92 Å². The Hall–Kier alpha value is -0.120. The smallest absolute Gasteiger partial charge is 0.0707 e. The van der Waals surface area contributed by atoms with Gasteiger partial charge in [-0.2, -0.15) is 0 Å². The third kappa shape index (κ3) is 8.08. The lowest BCUT2D eigenvalue weighted by molar-refractivity contribution is -0.0385. The summed E-state index contributed by atoms with van der Waals surface area (Å²) in [5.41, 5.74) is -0.0531. The summed E-state index contributed by atoms with van der Waals surface area (Å²) in [5, 5.41) is 3.51. The van der Waals surface area contributed by atoms with E-state index in [1.54, 1.807) is 0 Å². The van der Waals surface area contributed by atoms with Crippen LogP contribution in [-0.2, 0) is 9.47 Å². The van der Waals surface area contributed by atoms with Crippen molar-refractivity contribution in [3.05, 3.63) is 0 Å². The summed E-state index contributed by atoms with van der Waals surface area (Å²) in [6.07, 6.45) is 2.71. The minimum Gasteiger partial charge on any atom is -0.379 e. The van der Waals surface area contributed by atoms with Crippen molar-refractivity contribution in [3.8, 4) is 0 Å². The summed E-state index contributed by atoms with van der Waals surface area (Å²) in [7, 11) is 0. The Morgan fingerprint density at radius 2 is 1.94 bits per heavy atom. The molecule has 1 fully saturated rings. The zero-order chi connectivity index (χ0) is 12.0. The second-order valence-electron chi connectivity index (χ2n) is 5.82. The highest BCUT2D eigenvalue weighted by atomic mass is 16.5. The molecule has 0 bridgehead atoms. The van der Waals surface area contributed by atoms with Crippen LogP contribution in [0, 0.1) is 5.92 Å². The predicted octanol–water partition coefficient (Wildman–Crippen LogP) is 2.21. The predicted molar refractivity (Wildman–Crippen MR) is 66.7 cm³/mol. The quantitative estimate of drug-likeness (QED) is 0.647. The van der Waals surface area contributed by atoms with E-state index in [1.807, 2.05) is 0 Å². The third-order valence-electron chi connectivity index (χ3n) is 2.50. The summed E-state index contributed by atoms with van der Waals surface area (Å²) in [5.74, 6) is 0.593. The van der Waals surface area contributed by atoms with E-state index in [2.05, 4.69) is 33.0 Å². The Morgan fingerprint density at radius 1 is 1.25 bits per heavy atom. The van der Waals surface area contributed by atoms with Crippen molar-refractivity contribution in [1.82, 2.24) is 5.32 Å². The van der Waals surface area contributed by atoms with Crippen molar-refractivity contribution >= 4 is 0 Å². The second-order valence-corrected chi connectivity index (χ2v) is 5.82. The van der Waals surface area contributed by atoms with Crippen LogP contribution in [0.4, 0.5) is 0 Å². The molecule has 1 saturated carbocycles. The molecule has 0 amide bonds. The topological polar surface area (TPSA) is 30.5 Å². The average molecular weight is 229 g/mol. The van der Waals surface area contributed by atoms with Gasteiger partial charge in [-0.25, -0.2) is 0 Å². The first-order chi connectivity index (χ1) is 7.47. The minimum atomic E-state index is -0.0531. The molecular weight excluding hydrogens is 202 g/mol. The number of ether oxygens (including phenoxy) is 2. The van der Waals surface area contributed by atoms with Gasteiger partial charge < -0.3 is 14.8 Å². The van der Waals surface area contributed by atoms with E-state index in [0.29, 0.717) is 19.1 Å². The fourth-order valence-corrected chi connectivity index (χ4v) is 1.41. The lowest BCUT2D eigenvalue weighted by Crippen LogP contribution is -2.27. The maximum absolute atomic E-state index is 5.58. The Labute approximate surface area is 99.9 Å². The molecule has 0 aromatic carbocycles. The normalized spacial score (nSPS) is 18.8. The molecule has 1 aliphatic carbocycles. The molecule has 96 valence electrons. The third-order valence-corrected chi connectivity index (χ3v) is 2.50. The lowest BCUT2D eigenvalue weighted by Gasteiger charge is -2.20. The van der Waals surface area contributed by atoms with E-state index in [4.69, 9.17) is 9.47 Å². The first kappa shape index (κ1) is 13.9. The zero-order valence-corrected chi connectivity index (χ0v) is 11.2. The van der Waals surface area contributed by atoms with Crippen LogP contribution < -0.4 is 5.32 Å². The number of hydrogen-bond acceptors (Lipinski definition) is 3. The molecule has 1 rings (SSSR count). The molecule has 1 aliphatic rings. The van der Waals surface area contributed by atoms with E-state index in [-0.39, 0.29) is 5.60 Å². The highest BCUT2D eigenvalue weighted by Crippen LogP contribution is 2.18. The van der Waals surface area contributed by atoms with Gasteiger partial charge in [0.15, 0.2) is 0 Å². The standard InChI is InChI=1S/C13H27NO2/c1-11(9-14-12-5-6-12)10-15-7-8-16-13(2,3)4/h11-12,14H,5-10H2,1-4H3. The monoisotopic (exact) mass is 229 g/mol. The highest BCUT2D eigenvalue weighted by Gasteiger charge is 2.20. The molecule has 0 saturated heterocycles. The van der Waals surface area contributed by atoms with Gasteiger partial charge in [0.05, 0.1) is 25.4 Å². The minimum absolute atomic E-state index is 0.0531. The molecule has 0 heterocycles. The molecule has 1 unspecified atom stereocenters. The summed E-state index contributed by atoms with van der Waals surface area (Å²) >= 11 is 0. The van der Waals surface area contributed by atoms with Crippen molar-refractivity contribution in [2.75, 3.05) is 26.4 Å². The van der Waals surface area contributed by atoms with E-state index < -0.39 is 0 Å². The Bertz CT molecular complexity index is 185. The van der Waals surface area contributed by atoms with Gasteiger partial charge in [0, 0.05) is 12.6 Å². The van der Waals surface area contributed by atoms with Gasteiger partial charge in [-0.05, 0) is 39.5 Å². The van der Waals surface area contributed by atoms with Gasteiger partial charge in [-0.15, -0.1) is 0 Å². The Morgan fingerprint density at radius 3 is 2.50 bits per heavy atom. The molecule has 0 aromatic rings. The zero-order valence-electron chi connectivity index (χ0n) is 11.2. The van der Waals surface area contributed by atoms with Crippen LogP contribution in [0.15, 0.2) is 0 Å². The molecule has 0 radical (unpaired) electrons. The maximum atomic E-state index is 5.58. The van der Waals surface area contributed by atoms with Gasteiger partial charge in [0.1, 0.15) is 0 Å².